The Kier molecular flexibility index (Phi) is 7.83. The van der Waals surface area contributed by atoms with Crippen molar-refractivity contribution in [2.45, 2.75) is 25.4 Å². The van der Waals surface area contributed by atoms with Crippen LogP contribution < -0.4 is 15.4 Å². The van der Waals surface area contributed by atoms with E-state index in [0.29, 0.717) is 24.2 Å². The van der Waals surface area contributed by atoms with Crippen molar-refractivity contribution in [1.82, 2.24) is 15.6 Å². The quantitative estimate of drug-likeness (QED) is 0.302. The SMILES string of the molecule is CN=C(NCc1ccnc(Oc2ccc(F)cc2)c1)NC1CC=CC1.I. The summed E-state index contributed by atoms with van der Waals surface area (Å²) in [4.78, 5) is 8.44. The Morgan fingerprint density at radius 1 is 1.23 bits per heavy atom. The number of aliphatic imine (C=N–C) groups is 1. The number of benzene rings is 1. The van der Waals surface area contributed by atoms with Crippen molar-refractivity contribution in [2.24, 2.45) is 4.99 Å². The summed E-state index contributed by atoms with van der Waals surface area (Å²) in [5.74, 6) is 1.49. The molecule has 1 heterocycles. The van der Waals surface area contributed by atoms with Gasteiger partial charge in [0.25, 0.3) is 0 Å². The topological polar surface area (TPSA) is 58.5 Å². The second-order valence-electron chi connectivity index (χ2n) is 5.77. The molecule has 0 fully saturated rings. The molecule has 7 heteroatoms. The van der Waals surface area contributed by atoms with E-state index in [-0.39, 0.29) is 29.8 Å². The van der Waals surface area contributed by atoms with E-state index in [9.17, 15) is 4.39 Å². The predicted molar refractivity (Wildman–Crippen MR) is 112 cm³/mol. The van der Waals surface area contributed by atoms with E-state index < -0.39 is 0 Å². The number of hydrogen-bond acceptors (Lipinski definition) is 3. The van der Waals surface area contributed by atoms with Gasteiger partial charge < -0.3 is 15.4 Å². The fourth-order valence-corrected chi connectivity index (χ4v) is 2.55. The summed E-state index contributed by atoms with van der Waals surface area (Å²) < 4.78 is 18.6. The second kappa shape index (κ2) is 10.1. The summed E-state index contributed by atoms with van der Waals surface area (Å²) in [6.45, 7) is 0.599. The zero-order valence-electron chi connectivity index (χ0n) is 14.5. The van der Waals surface area contributed by atoms with E-state index >= 15 is 0 Å². The highest BCUT2D eigenvalue weighted by Crippen LogP contribution is 2.20. The van der Waals surface area contributed by atoms with E-state index in [1.54, 1.807) is 25.4 Å². The molecule has 0 amide bonds. The Labute approximate surface area is 169 Å². The van der Waals surface area contributed by atoms with Gasteiger partial charge in [-0.05, 0) is 48.7 Å². The normalized spacial score (nSPS) is 14.0. The Hall–Kier alpha value is -2.16. The Morgan fingerprint density at radius 3 is 2.65 bits per heavy atom. The highest BCUT2D eigenvalue weighted by atomic mass is 127. The summed E-state index contributed by atoms with van der Waals surface area (Å²) in [5.41, 5.74) is 1.01. The van der Waals surface area contributed by atoms with Gasteiger partial charge in [0.15, 0.2) is 5.96 Å². The highest BCUT2D eigenvalue weighted by Gasteiger charge is 2.11. The van der Waals surface area contributed by atoms with E-state index in [2.05, 4.69) is 32.8 Å². The summed E-state index contributed by atoms with van der Waals surface area (Å²) in [6.07, 6.45) is 8.07. The third-order valence-electron chi connectivity index (χ3n) is 3.87. The smallest absolute Gasteiger partial charge is 0.219 e. The van der Waals surface area contributed by atoms with Crippen LogP contribution in [0.2, 0.25) is 0 Å². The van der Waals surface area contributed by atoms with Gasteiger partial charge in [-0.25, -0.2) is 9.37 Å². The van der Waals surface area contributed by atoms with Gasteiger partial charge in [-0.1, -0.05) is 12.2 Å². The number of nitrogens with zero attached hydrogens (tertiary/aromatic N) is 2. The largest absolute Gasteiger partial charge is 0.439 e. The molecular formula is C19H22FIN4O. The minimum atomic E-state index is -0.297. The van der Waals surface area contributed by atoms with Gasteiger partial charge in [0.2, 0.25) is 5.88 Å². The molecule has 2 N–H and O–H groups in total. The summed E-state index contributed by atoms with van der Waals surface area (Å²) in [7, 11) is 1.76. The lowest BCUT2D eigenvalue weighted by Gasteiger charge is -2.17. The van der Waals surface area contributed by atoms with Crippen LogP contribution in [0.25, 0.3) is 0 Å². The number of ether oxygens (including phenoxy) is 1. The molecule has 2 aromatic rings. The predicted octanol–water partition coefficient (Wildman–Crippen LogP) is 4.01. The molecule has 3 rings (SSSR count). The maximum Gasteiger partial charge on any atom is 0.219 e. The van der Waals surface area contributed by atoms with Crippen LogP contribution >= 0.6 is 24.0 Å². The molecule has 0 unspecified atom stereocenters. The first-order valence-electron chi connectivity index (χ1n) is 8.23. The van der Waals surface area contributed by atoms with Gasteiger partial charge in [-0.3, -0.25) is 4.99 Å². The maximum atomic E-state index is 12.9. The van der Waals surface area contributed by atoms with Crippen molar-refractivity contribution in [2.75, 3.05) is 7.05 Å². The Bertz CT molecular complexity index is 756. The lowest BCUT2D eigenvalue weighted by molar-refractivity contribution is 0.460. The van der Waals surface area contributed by atoms with Crippen molar-refractivity contribution >= 4 is 29.9 Å². The minimum absolute atomic E-state index is 0. The van der Waals surface area contributed by atoms with Crippen LogP contribution in [0.5, 0.6) is 11.6 Å². The summed E-state index contributed by atoms with van der Waals surface area (Å²) in [6, 6.07) is 10.0. The molecule has 1 aromatic heterocycles. The van der Waals surface area contributed by atoms with Crippen molar-refractivity contribution in [3.63, 3.8) is 0 Å². The van der Waals surface area contributed by atoms with Gasteiger partial charge in [0.1, 0.15) is 11.6 Å². The van der Waals surface area contributed by atoms with Gasteiger partial charge in [0, 0.05) is 31.9 Å². The molecule has 1 aromatic carbocycles. The number of aromatic nitrogens is 1. The Balaban J connectivity index is 0.00000243. The van der Waals surface area contributed by atoms with E-state index in [0.717, 1.165) is 24.4 Å². The van der Waals surface area contributed by atoms with Gasteiger partial charge in [-0.2, -0.15) is 0 Å². The van der Waals surface area contributed by atoms with Crippen molar-refractivity contribution in [1.29, 1.82) is 0 Å². The molecular weight excluding hydrogens is 446 g/mol. The molecule has 0 bridgehead atoms. The molecule has 0 atom stereocenters. The van der Waals surface area contributed by atoms with Crippen LogP contribution in [0.1, 0.15) is 18.4 Å². The highest BCUT2D eigenvalue weighted by molar-refractivity contribution is 14.0. The number of halogens is 2. The lowest BCUT2D eigenvalue weighted by Crippen LogP contribution is -2.42. The third kappa shape index (κ3) is 5.98. The Morgan fingerprint density at radius 2 is 1.96 bits per heavy atom. The minimum Gasteiger partial charge on any atom is -0.439 e. The molecule has 0 spiro atoms. The second-order valence-corrected chi connectivity index (χ2v) is 5.77. The average molecular weight is 468 g/mol. The first-order valence-corrected chi connectivity index (χ1v) is 8.23. The van der Waals surface area contributed by atoms with Crippen LogP contribution in [-0.4, -0.2) is 24.0 Å². The van der Waals surface area contributed by atoms with Crippen LogP contribution in [0.4, 0.5) is 4.39 Å². The van der Waals surface area contributed by atoms with Crippen molar-refractivity contribution in [3.8, 4) is 11.6 Å². The van der Waals surface area contributed by atoms with E-state index in [4.69, 9.17) is 4.74 Å². The molecule has 1 aliphatic carbocycles. The first kappa shape index (κ1) is 20.2. The van der Waals surface area contributed by atoms with E-state index in [1.807, 2.05) is 12.1 Å². The zero-order chi connectivity index (χ0) is 17.5. The average Bonchev–Trinajstić information content (AvgIpc) is 3.14. The number of guanidine groups is 1. The van der Waals surface area contributed by atoms with Crippen LogP contribution in [0.15, 0.2) is 59.7 Å². The first-order chi connectivity index (χ1) is 12.2. The molecule has 5 nitrogen and oxygen atoms in total. The summed E-state index contributed by atoms with van der Waals surface area (Å²) >= 11 is 0. The fraction of sp³-hybridized carbons (Fsp3) is 0.263. The molecule has 0 saturated carbocycles. The molecule has 26 heavy (non-hydrogen) atoms. The molecule has 0 saturated heterocycles. The number of hydrogen-bond donors (Lipinski definition) is 2. The number of rotatable bonds is 5. The molecule has 0 radical (unpaired) electrons. The number of pyridine rings is 1. The van der Waals surface area contributed by atoms with Crippen LogP contribution in [-0.2, 0) is 6.54 Å². The van der Waals surface area contributed by atoms with Gasteiger partial charge in [0.05, 0.1) is 0 Å². The molecule has 0 aliphatic heterocycles. The standard InChI is InChI=1S/C19H21FN4O.HI/c1-21-19(24-16-4-2-3-5-16)23-13-14-10-11-22-18(12-14)25-17-8-6-15(20)7-9-17;/h2-3,6-12,16H,4-5,13H2,1H3,(H2,21,23,24);1H. The van der Waals surface area contributed by atoms with Crippen LogP contribution in [0.3, 0.4) is 0 Å². The van der Waals surface area contributed by atoms with E-state index in [1.165, 1.54) is 12.1 Å². The fourth-order valence-electron chi connectivity index (χ4n) is 2.55. The van der Waals surface area contributed by atoms with Crippen molar-refractivity contribution in [3.05, 3.63) is 66.1 Å². The third-order valence-corrected chi connectivity index (χ3v) is 3.87. The summed E-state index contributed by atoms with van der Waals surface area (Å²) in [5, 5.41) is 6.68. The lowest BCUT2D eigenvalue weighted by atomic mass is 10.2. The van der Waals surface area contributed by atoms with Crippen LogP contribution in [0, 0.1) is 5.82 Å². The maximum absolute atomic E-state index is 12.9. The zero-order valence-corrected chi connectivity index (χ0v) is 16.8. The van der Waals surface area contributed by atoms with Gasteiger partial charge in [-0.15, -0.1) is 24.0 Å². The monoisotopic (exact) mass is 468 g/mol. The number of nitrogens with one attached hydrogen (secondary N) is 2. The van der Waals surface area contributed by atoms with Crippen molar-refractivity contribution < 1.29 is 9.13 Å². The van der Waals surface area contributed by atoms with Gasteiger partial charge >= 0.3 is 0 Å². The molecule has 1 aliphatic rings. The molecule has 138 valence electrons.